The Bertz CT molecular complexity index is 1370. The minimum Gasteiger partial charge on any atom is -0.449 e. The standard InChI is InChI=1S/C38H61N5O9/c1-11-12-18-27(31(46)34(48)39-20-29(45)41-30(24(4)44)25-16-14-13-15-17-25)40-33(47)28-19-26(52-38(8,9)10)21-43(28)35(49)32(37(5,6)7)42-36(50)51-22-23(2)3/h13-17,23-24,26-28,30,32,44H,11-12,18-22H2,1-10H3,(H,39,48)(H,40,47)(H,41,45)(H,42,50)/t24-,26+,27?,28-,30+,32+/m0/s1. The highest BCUT2D eigenvalue weighted by Crippen LogP contribution is 2.29. The quantitative estimate of drug-likeness (QED) is 0.150. The number of likely N-dealkylation sites (tertiary alicyclic amines) is 1. The van der Waals surface area contributed by atoms with Crippen molar-refractivity contribution in [3.8, 4) is 0 Å². The molecular weight excluding hydrogens is 670 g/mol. The Balaban J connectivity index is 2.25. The van der Waals surface area contributed by atoms with Crippen LogP contribution in [0.2, 0.25) is 0 Å². The molecule has 14 heteroatoms. The Labute approximate surface area is 308 Å². The number of carbonyl (C=O) groups excluding carboxylic acids is 6. The fourth-order valence-electron chi connectivity index (χ4n) is 5.81. The summed E-state index contributed by atoms with van der Waals surface area (Å²) in [5.74, 6) is -3.70. The second kappa shape index (κ2) is 19.7. The number of Topliss-reactive ketones (excluding diaryl/α,β-unsaturated/α-hetero) is 1. The molecule has 1 heterocycles. The summed E-state index contributed by atoms with van der Waals surface area (Å²) >= 11 is 0. The highest BCUT2D eigenvalue weighted by atomic mass is 16.5. The summed E-state index contributed by atoms with van der Waals surface area (Å²) < 4.78 is 11.5. The molecule has 2 rings (SSSR count). The van der Waals surface area contributed by atoms with E-state index in [1.807, 2.05) is 41.5 Å². The Morgan fingerprint density at radius 2 is 1.58 bits per heavy atom. The lowest BCUT2D eigenvalue weighted by Gasteiger charge is -2.35. The van der Waals surface area contributed by atoms with Crippen LogP contribution >= 0.6 is 0 Å². The number of rotatable bonds is 17. The van der Waals surface area contributed by atoms with Crippen molar-refractivity contribution in [1.29, 1.82) is 0 Å². The van der Waals surface area contributed by atoms with Crippen molar-refractivity contribution in [1.82, 2.24) is 26.2 Å². The van der Waals surface area contributed by atoms with Crippen molar-refractivity contribution >= 4 is 35.5 Å². The van der Waals surface area contributed by atoms with Gasteiger partial charge in [-0.25, -0.2) is 4.79 Å². The van der Waals surface area contributed by atoms with E-state index in [9.17, 15) is 33.9 Å². The van der Waals surface area contributed by atoms with Crippen LogP contribution in [0.25, 0.3) is 0 Å². The van der Waals surface area contributed by atoms with Gasteiger partial charge in [0, 0.05) is 13.0 Å². The Kier molecular flexibility index (Phi) is 16.7. The van der Waals surface area contributed by atoms with E-state index in [0.29, 0.717) is 18.4 Å². The topological polar surface area (TPSA) is 192 Å². The van der Waals surface area contributed by atoms with E-state index in [4.69, 9.17) is 9.47 Å². The van der Waals surface area contributed by atoms with Crippen molar-refractivity contribution < 1.29 is 43.3 Å². The molecule has 1 saturated heterocycles. The van der Waals surface area contributed by atoms with Gasteiger partial charge in [-0.1, -0.05) is 84.7 Å². The number of hydrogen-bond donors (Lipinski definition) is 5. The molecule has 5 N–H and O–H groups in total. The van der Waals surface area contributed by atoms with E-state index in [1.165, 1.54) is 11.8 Å². The number of ketones is 1. The maximum absolute atomic E-state index is 14.2. The second-order valence-electron chi connectivity index (χ2n) is 16.0. The minimum atomic E-state index is -1.23. The van der Waals surface area contributed by atoms with Gasteiger partial charge >= 0.3 is 6.09 Å². The average molecular weight is 732 g/mol. The number of alkyl carbamates (subject to hydrolysis) is 1. The van der Waals surface area contributed by atoms with Gasteiger partial charge in [-0.2, -0.15) is 0 Å². The summed E-state index contributed by atoms with van der Waals surface area (Å²) in [6, 6.07) is 4.75. The predicted octanol–water partition coefficient (Wildman–Crippen LogP) is 3.17. The van der Waals surface area contributed by atoms with Crippen LogP contribution in [0, 0.1) is 11.3 Å². The first-order chi connectivity index (χ1) is 24.1. The molecule has 0 spiro atoms. The molecule has 1 aliphatic heterocycles. The molecule has 1 aliphatic rings. The third-order valence-corrected chi connectivity index (χ3v) is 8.36. The van der Waals surface area contributed by atoms with E-state index in [2.05, 4.69) is 21.3 Å². The van der Waals surface area contributed by atoms with Crippen molar-refractivity contribution in [3.05, 3.63) is 35.9 Å². The molecule has 0 bridgehead atoms. The smallest absolute Gasteiger partial charge is 0.407 e. The van der Waals surface area contributed by atoms with Crippen LogP contribution in [0.15, 0.2) is 30.3 Å². The van der Waals surface area contributed by atoms with Crippen LogP contribution in [0.5, 0.6) is 0 Å². The van der Waals surface area contributed by atoms with E-state index < -0.39 is 89.4 Å². The van der Waals surface area contributed by atoms with E-state index in [0.717, 1.165) is 0 Å². The van der Waals surface area contributed by atoms with E-state index in [-0.39, 0.29) is 31.9 Å². The van der Waals surface area contributed by atoms with Crippen LogP contribution in [0.1, 0.15) is 107 Å². The van der Waals surface area contributed by atoms with Gasteiger partial charge in [0.1, 0.15) is 12.1 Å². The Hall–Kier alpha value is -4.04. The monoisotopic (exact) mass is 731 g/mol. The predicted molar refractivity (Wildman–Crippen MR) is 196 cm³/mol. The molecule has 0 saturated carbocycles. The fraction of sp³-hybridized carbons (Fsp3) is 0.684. The molecule has 0 radical (unpaired) electrons. The van der Waals surface area contributed by atoms with Crippen LogP contribution in [-0.2, 0) is 33.4 Å². The zero-order valence-corrected chi connectivity index (χ0v) is 32.5. The number of aliphatic hydroxyl groups excluding tert-OH is 1. The molecule has 1 aromatic rings. The van der Waals surface area contributed by atoms with Gasteiger partial charge in [0.05, 0.1) is 43.0 Å². The van der Waals surface area contributed by atoms with Crippen LogP contribution in [-0.4, -0.2) is 101 Å². The fourth-order valence-corrected chi connectivity index (χ4v) is 5.81. The molecule has 52 heavy (non-hydrogen) atoms. The Morgan fingerprint density at radius 1 is 0.942 bits per heavy atom. The lowest BCUT2D eigenvalue weighted by molar-refractivity contribution is -0.144. The van der Waals surface area contributed by atoms with Crippen molar-refractivity contribution in [2.75, 3.05) is 19.7 Å². The van der Waals surface area contributed by atoms with Crippen LogP contribution in [0.4, 0.5) is 4.79 Å². The second-order valence-corrected chi connectivity index (χ2v) is 16.0. The number of aliphatic hydroxyl groups is 1. The zero-order valence-electron chi connectivity index (χ0n) is 32.5. The summed E-state index contributed by atoms with van der Waals surface area (Å²) in [5, 5.41) is 20.6. The van der Waals surface area contributed by atoms with Gasteiger partial charge in [0.2, 0.25) is 23.5 Å². The SMILES string of the molecule is CCCCC(NC(=O)[C@@H]1C[C@@H](OC(C)(C)C)CN1C(=O)[C@@H](NC(=O)OCC(C)C)C(C)(C)C)C(=O)C(=O)NCC(=O)N[C@@H](c1ccccc1)[C@H](C)O. The van der Waals surface area contributed by atoms with Crippen molar-refractivity contribution in [3.63, 3.8) is 0 Å². The number of unbranched alkanes of at least 4 members (excludes halogenated alkanes) is 1. The molecule has 1 fully saturated rings. The van der Waals surface area contributed by atoms with Crippen molar-refractivity contribution in [2.24, 2.45) is 11.3 Å². The summed E-state index contributed by atoms with van der Waals surface area (Å²) in [6.45, 7) is 17.8. The molecule has 0 aliphatic carbocycles. The maximum Gasteiger partial charge on any atom is 0.407 e. The third kappa shape index (κ3) is 14.2. The van der Waals surface area contributed by atoms with Gasteiger partial charge in [-0.3, -0.25) is 24.0 Å². The summed E-state index contributed by atoms with van der Waals surface area (Å²) in [5.41, 5.74) is -0.688. The first-order valence-electron chi connectivity index (χ1n) is 18.2. The molecule has 5 amide bonds. The number of hydrogen-bond acceptors (Lipinski definition) is 9. The van der Waals surface area contributed by atoms with Gasteiger partial charge in [-0.15, -0.1) is 0 Å². The van der Waals surface area contributed by atoms with Crippen LogP contribution < -0.4 is 21.3 Å². The Morgan fingerprint density at radius 3 is 2.12 bits per heavy atom. The lowest BCUT2D eigenvalue weighted by atomic mass is 9.85. The molecule has 14 nitrogen and oxygen atoms in total. The summed E-state index contributed by atoms with van der Waals surface area (Å²) in [4.78, 5) is 81.5. The molecule has 6 atom stereocenters. The highest BCUT2D eigenvalue weighted by Gasteiger charge is 2.47. The van der Waals surface area contributed by atoms with Gasteiger partial charge in [0.15, 0.2) is 0 Å². The van der Waals surface area contributed by atoms with Gasteiger partial charge in [-0.05, 0) is 51.0 Å². The maximum atomic E-state index is 14.2. The summed E-state index contributed by atoms with van der Waals surface area (Å²) in [7, 11) is 0. The van der Waals surface area contributed by atoms with Gasteiger partial charge < -0.3 is 40.7 Å². The number of nitrogens with zero attached hydrogens (tertiary/aromatic N) is 1. The largest absolute Gasteiger partial charge is 0.449 e. The third-order valence-electron chi connectivity index (χ3n) is 8.36. The zero-order chi connectivity index (χ0) is 39.4. The molecule has 0 aromatic heterocycles. The minimum absolute atomic E-state index is 0.0586. The lowest BCUT2D eigenvalue weighted by Crippen LogP contribution is -2.59. The number of carbonyl (C=O) groups is 6. The number of benzene rings is 1. The summed E-state index contributed by atoms with van der Waals surface area (Å²) in [6.07, 6.45) is -0.760. The molecule has 1 unspecified atom stereocenters. The molecular formula is C38H61N5O9. The van der Waals surface area contributed by atoms with Gasteiger partial charge in [0.25, 0.3) is 5.91 Å². The number of ether oxygens (including phenoxy) is 2. The van der Waals surface area contributed by atoms with Crippen LogP contribution in [0.3, 0.4) is 0 Å². The average Bonchev–Trinajstić information content (AvgIpc) is 3.47. The van der Waals surface area contributed by atoms with E-state index in [1.54, 1.807) is 51.1 Å². The normalized spacial score (nSPS) is 18.5. The first kappa shape index (κ1) is 44.1. The molecule has 292 valence electrons. The molecule has 1 aromatic carbocycles. The first-order valence-corrected chi connectivity index (χ1v) is 18.2. The van der Waals surface area contributed by atoms with E-state index >= 15 is 0 Å². The number of nitrogens with one attached hydrogen (secondary N) is 4. The number of amides is 5. The highest BCUT2D eigenvalue weighted by molar-refractivity contribution is 6.38. The van der Waals surface area contributed by atoms with Crippen molar-refractivity contribution in [2.45, 2.75) is 137 Å².